The van der Waals surface area contributed by atoms with Gasteiger partial charge in [-0.2, -0.15) is 0 Å². The van der Waals surface area contributed by atoms with Crippen LogP contribution in [0, 0.1) is 0 Å². The van der Waals surface area contributed by atoms with Gasteiger partial charge in [-0.25, -0.2) is 14.2 Å². The Morgan fingerprint density at radius 2 is 1.00 bits per heavy atom. The summed E-state index contributed by atoms with van der Waals surface area (Å²) < 4.78 is 8.88. The summed E-state index contributed by atoms with van der Waals surface area (Å²) in [6, 6.07) is 0. The molecule has 0 bridgehead atoms. The van der Waals surface area contributed by atoms with Crippen molar-refractivity contribution in [1.29, 1.82) is 0 Å². The van der Waals surface area contributed by atoms with Crippen LogP contribution in [-0.4, -0.2) is 36.8 Å². The molecule has 8 N–H and O–H groups in total. The lowest BCUT2D eigenvalue weighted by molar-refractivity contribution is -0.159. The van der Waals surface area contributed by atoms with Crippen molar-refractivity contribution in [2.45, 2.75) is 0 Å². The largest absolute Gasteiger partial charge is 0.473 e. The molecule has 0 radical (unpaired) electrons. The number of aliphatic carboxylic acids is 2. The summed E-state index contributed by atoms with van der Waals surface area (Å²) in [7, 11) is -4.64. The molecule has 0 rings (SSSR count). The van der Waals surface area contributed by atoms with Gasteiger partial charge in [0.05, 0.1) is 0 Å². The minimum absolute atomic E-state index is 0. The number of hydrogen-bond acceptors (Lipinski definition) is 4. The van der Waals surface area contributed by atoms with Crippen LogP contribution in [0.4, 0.5) is 0 Å². The van der Waals surface area contributed by atoms with Gasteiger partial charge in [0.2, 0.25) is 0 Å². The van der Waals surface area contributed by atoms with E-state index in [0.717, 1.165) is 0 Å². The fourth-order valence-electron chi connectivity index (χ4n) is 0. The van der Waals surface area contributed by atoms with E-state index in [9.17, 15) is 0 Å². The van der Waals surface area contributed by atoms with Crippen molar-refractivity contribution in [3.63, 3.8) is 0 Å². The zero-order chi connectivity index (χ0) is 9.65. The Balaban J connectivity index is -0.000000126. The van der Waals surface area contributed by atoms with Crippen molar-refractivity contribution in [3.05, 3.63) is 0 Å². The van der Waals surface area contributed by atoms with Crippen LogP contribution in [0.2, 0.25) is 0 Å². The highest BCUT2D eigenvalue weighted by Gasteiger charge is 2.04. The maximum absolute atomic E-state index is 9.10. The van der Waals surface area contributed by atoms with Gasteiger partial charge < -0.3 is 31.0 Å². The Hall–Kier alpha value is -0.990. The third kappa shape index (κ3) is 63.8. The van der Waals surface area contributed by atoms with E-state index in [1.54, 1.807) is 0 Å². The lowest BCUT2D eigenvalue weighted by Gasteiger charge is -1.82. The van der Waals surface area contributed by atoms with Gasteiger partial charge in [0.25, 0.3) is 0 Å². The summed E-state index contributed by atoms with van der Waals surface area (Å²) in [6.45, 7) is 0. The van der Waals surface area contributed by atoms with Crippen LogP contribution in [0.3, 0.4) is 0 Å². The van der Waals surface area contributed by atoms with Crippen LogP contribution < -0.4 is 6.15 Å². The molecule has 0 aliphatic carbocycles. The summed E-state index contributed by atoms with van der Waals surface area (Å²) >= 11 is 0. The van der Waals surface area contributed by atoms with E-state index in [4.69, 9.17) is 39.0 Å². The lowest BCUT2D eigenvalue weighted by atomic mass is 10.7. The molecule has 0 aromatic carbocycles. The molecule has 0 saturated heterocycles. The van der Waals surface area contributed by atoms with Crippen molar-refractivity contribution >= 4 is 19.8 Å². The van der Waals surface area contributed by atoms with Gasteiger partial charge in [-0.3, -0.25) is 0 Å². The minimum atomic E-state index is -4.64. The maximum Gasteiger partial charge on any atom is 0.466 e. The molecule has 0 atom stereocenters. The molecule has 0 aliphatic rings. The summed E-state index contributed by atoms with van der Waals surface area (Å²) in [4.78, 5) is 39.8. The van der Waals surface area contributed by atoms with Gasteiger partial charge in [0, 0.05) is 0 Å². The molecule has 9 nitrogen and oxygen atoms in total. The Bertz CT molecular complexity index is 173. The van der Waals surface area contributed by atoms with E-state index in [1.165, 1.54) is 0 Å². The summed E-state index contributed by atoms with van der Waals surface area (Å²) in [6.07, 6.45) is 0. The molecular formula is C2H8NO8P. The predicted molar refractivity (Wildman–Crippen MR) is 34.6 cm³/mol. The molecule has 0 aromatic heterocycles. The van der Waals surface area contributed by atoms with Crippen molar-refractivity contribution in [2.75, 3.05) is 0 Å². The fourth-order valence-corrected chi connectivity index (χ4v) is 0. The van der Waals surface area contributed by atoms with Crippen molar-refractivity contribution in [2.24, 2.45) is 0 Å². The zero-order valence-corrected chi connectivity index (χ0v) is 6.51. The van der Waals surface area contributed by atoms with Gasteiger partial charge in [-0.1, -0.05) is 0 Å². The zero-order valence-electron chi connectivity index (χ0n) is 5.62. The Morgan fingerprint density at radius 3 is 1.00 bits per heavy atom. The molecule has 0 spiro atoms. The monoisotopic (exact) mass is 205 g/mol. The number of hydrogen-bond donors (Lipinski definition) is 6. The first-order valence-corrected chi connectivity index (χ1v) is 3.45. The molecule has 0 amide bonds. The molecule has 0 unspecified atom stereocenters. The topological polar surface area (TPSA) is 187 Å². The second kappa shape index (κ2) is 6.70. The third-order valence-corrected chi connectivity index (χ3v) is 0.183. The second-order valence-corrected chi connectivity index (χ2v) is 2.15. The molecule has 12 heavy (non-hydrogen) atoms. The third-order valence-electron chi connectivity index (χ3n) is 0.183. The van der Waals surface area contributed by atoms with E-state index in [0.29, 0.717) is 0 Å². The van der Waals surface area contributed by atoms with Gasteiger partial charge >= 0.3 is 19.8 Å². The number of rotatable bonds is 0. The van der Waals surface area contributed by atoms with Crippen LogP contribution in [-0.2, 0) is 14.2 Å². The lowest BCUT2D eigenvalue weighted by Crippen LogP contribution is -2.09. The number of carboxylic acids is 2. The van der Waals surface area contributed by atoms with Crippen molar-refractivity contribution < 1.29 is 39.0 Å². The highest BCUT2D eigenvalue weighted by molar-refractivity contribution is 7.45. The van der Waals surface area contributed by atoms with E-state index < -0.39 is 19.8 Å². The van der Waals surface area contributed by atoms with E-state index in [-0.39, 0.29) is 6.15 Å². The standard InChI is InChI=1S/C2H2O4.H3N.H3O4P/c3-1(4)2(5)6;;1-5(2,3)4/h(H,3,4)(H,5,6);1H3;(H3,1,2,3,4). The molecular weight excluding hydrogens is 197 g/mol. The van der Waals surface area contributed by atoms with Gasteiger partial charge in [-0.05, 0) is 0 Å². The van der Waals surface area contributed by atoms with E-state index in [2.05, 4.69) is 0 Å². The van der Waals surface area contributed by atoms with Gasteiger partial charge in [-0.15, -0.1) is 0 Å². The van der Waals surface area contributed by atoms with Crippen LogP contribution >= 0.6 is 7.82 Å². The Labute approximate surface area is 66.1 Å². The van der Waals surface area contributed by atoms with Crippen LogP contribution in [0.15, 0.2) is 0 Å². The second-order valence-electron chi connectivity index (χ2n) is 1.12. The predicted octanol–water partition coefficient (Wildman–Crippen LogP) is -1.61. The summed E-state index contributed by atoms with van der Waals surface area (Å²) in [5.41, 5.74) is 0. The van der Waals surface area contributed by atoms with E-state index >= 15 is 0 Å². The molecule has 0 aliphatic heterocycles. The first kappa shape index (κ1) is 17.2. The molecule has 0 fully saturated rings. The van der Waals surface area contributed by atoms with Gasteiger partial charge in [0.1, 0.15) is 0 Å². The number of phosphoric acid groups is 1. The van der Waals surface area contributed by atoms with Crippen LogP contribution in [0.25, 0.3) is 0 Å². The maximum atomic E-state index is 9.10. The van der Waals surface area contributed by atoms with Gasteiger partial charge in [0.15, 0.2) is 0 Å². The summed E-state index contributed by atoms with van der Waals surface area (Å²) in [5, 5.41) is 14.8. The molecule has 0 aromatic rings. The number of carbonyl (C=O) groups is 2. The average Bonchev–Trinajstić information content (AvgIpc) is 1.59. The van der Waals surface area contributed by atoms with Crippen LogP contribution in [0.5, 0.6) is 0 Å². The number of carboxylic acid groups (broad SMARTS) is 2. The fraction of sp³-hybridized carbons (Fsp3) is 0. The molecule has 74 valence electrons. The van der Waals surface area contributed by atoms with Crippen molar-refractivity contribution in [1.82, 2.24) is 6.15 Å². The van der Waals surface area contributed by atoms with E-state index in [1.807, 2.05) is 0 Å². The minimum Gasteiger partial charge on any atom is -0.473 e. The first-order chi connectivity index (χ1) is 4.64. The SMILES string of the molecule is N.O=C(O)C(=O)O.O=P(O)(O)O. The highest BCUT2D eigenvalue weighted by Crippen LogP contribution is 2.25. The molecule has 0 saturated carbocycles. The normalized spacial score (nSPS) is 8.58. The Kier molecular flexibility index (Phi) is 9.61. The van der Waals surface area contributed by atoms with Crippen LogP contribution in [0.1, 0.15) is 0 Å². The molecule has 10 heteroatoms. The average molecular weight is 205 g/mol. The first-order valence-electron chi connectivity index (χ1n) is 1.89. The smallest absolute Gasteiger partial charge is 0.466 e. The highest BCUT2D eigenvalue weighted by atomic mass is 31.2. The summed E-state index contributed by atoms with van der Waals surface area (Å²) in [5.74, 6) is -3.65. The Morgan fingerprint density at radius 1 is 0.917 bits per heavy atom. The quantitative estimate of drug-likeness (QED) is 0.199. The van der Waals surface area contributed by atoms with Crippen molar-refractivity contribution in [3.8, 4) is 0 Å². The molecule has 0 heterocycles.